The van der Waals surface area contributed by atoms with Crippen LogP contribution in [0.2, 0.25) is 0 Å². The Hall–Kier alpha value is -1.92. The number of aliphatic hydroxyl groups excluding tert-OH is 1. The minimum Gasteiger partial charge on any atom is -0.380 e. The van der Waals surface area contributed by atoms with Gasteiger partial charge in [0.2, 0.25) is 0 Å². The number of aromatic nitrogens is 4. The van der Waals surface area contributed by atoms with Gasteiger partial charge in [0.15, 0.2) is 0 Å². The van der Waals surface area contributed by atoms with E-state index in [9.17, 15) is 5.11 Å². The quantitative estimate of drug-likeness (QED) is 0.875. The van der Waals surface area contributed by atoms with Crippen molar-refractivity contribution in [2.45, 2.75) is 39.5 Å². The monoisotopic (exact) mass is 315 g/mol. The van der Waals surface area contributed by atoms with Crippen LogP contribution >= 0.6 is 0 Å². The molecule has 3 heterocycles. The first-order valence-electron chi connectivity index (χ1n) is 8.15. The van der Waals surface area contributed by atoms with Crippen molar-refractivity contribution in [1.82, 2.24) is 24.5 Å². The molecule has 0 aromatic carbocycles. The first-order valence-corrected chi connectivity index (χ1v) is 8.15. The lowest BCUT2D eigenvalue weighted by atomic mass is 10.1. The molecule has 1 atom stereocenters. The van der Waals surface area contributed by atoms with E-state index in [0.29, 0.717) is 5.69 Å². The van der Waals surface area contributed by atoms with Gasteiger partial charge in [-0.15, -0.1) is 0 Å². The highest BCUT2D eigenvalue weighted by Crippen LogP contribution is 2.23. The molecule has 0 saturated carbocycles. The molecule has 6 nitrogen and oxygen atoms in total. The zero-order valence-electron chi connectivity index (χ0n) is 14.1. The minimum absolute atomic E-state index is 0.702. The maximum atomic E-state index is 10.6. The molecule has 6 heteroatoms. The molecule has 2 aromatic heterocycles. The number of aliphatic hydroxyl groups is 1. The second-order valence-corrected chi connectivity index (χ2v) is 6.27. The lowest BCUT2D eigenvalue weighted by molar-refractivity contribution is 0.203. The number of fused-ring (bicyclic) bond motifs is 1. The zero-order valence-corrected chi connectivity index (χ0v) is 14.1. The van der Waals surface area contributed by atoms with Gasteiger partial charge in [-0.3, -0.25) is 14.3 Å². The van der Waals surface area contributed by atoms with Crippen molar-refractivity contribution in [1.29, 1.82) is 0 Å². The van der Waals surface area contributed by atoms with E-state index in [0.717, 1.165) is 38.3 Å². The fourth-order valence-electron chi connectivity index (χ4n) is 3.07. The van der Waals surface area contributed by atoms with E-state index in [-0.39, 0.29) is 0 Å². The van der Waals surface area contributed by atoms with Gasteiger partial charge in [-0.2, -0.15) is 10.2 Å². The highest BCUT2D eigenvalue weighted by atomic mass is 16.3. The second kappa shape index (κ2) is 6.68. The molecule has 0 radical (unpaired) electrons. The predicted molar refractivity (Wildman–Crippen MR) is 88.8 cm³/mol. The normalized spacial score (nSPS) is 17.8. The topological polar surface area (TPSA) is 59.1 Å². The average molecular weight is 315 g/mol. The van der Waals surface area contributed by atoms with Gasteiger partial charge in [-0.05, 0) is 32.4 Å². The van der Waals surface area contributed by atoms with Crippen LogP contribution in [-0.4, -0.2) is 42.7 Å². The molecule has 0 spiro atoms. The average Bonchev–Trinajstić information content (AvgIpc) is 3.09. The maximum absolute atomic E-state index is 10.6. The summed E-state index contributed by atoms with van der Waals surface area (Å²) >= 11 is 0. The van der Waals surface area contributed by atoms with Crippen molar-refractivity contribution in [3.63, 3.8) is 0 Å². The Morgan fingerprint density at radius 2 is 2.26 bits per heavy atom. The molecule has 1 unspecified atom stereocenters. The molecule has 2 aromatic rings. The third-order valence-corrected chi connectivity index (χ3v) is 4.50. The SMILES string of the molecule is CC=C(C)CN1CCCn2nc(C(O)c3ccnn3C)cc2C1. The van der Waals surface area contributed by atoms with E-state index in [4.69, 9.17) is 0 Å². The van der Waals surface area contributed by atoms with Crippen LogP contribution in [0.5, 0.6) is 0 Å². The van der Waals surface area contributed by atoms with Crippen LogP contribution in [0.3, 0.4) is 0 Å². The van der Waals surface area contributed by atoms with Crippen LogP contribution in [-0.2, 0) is 20.1 Å². The minimum atomic E-state index is -0.729. The molecule has 1 aliphatic heterocycles. The van der Waals surface area contributed by atoms with Crippen molar-refractivity contribution >= 4 is 0 Å². The van der Waals surface area contributed by atoms with Crippen LogP contribution in [0.1, 0.15) is 43.5 Å². The van der Waals surface area contributed by atoms with Gasteiger partial charge in [0.1, 0.15) is 6.10 Å². The molecule has 0 bridgehead atoms. The third-order valence-electron chi connectivity index (χ3n) is 4.50. The van der Waals surface area contributed by atoms with Crippen LogP contribution in [0.25, 0.3) is 0 Å². The van der Waals surface area contributed by atoms with Gasteiger partial charge in [-0.25, -0.2) is 0 Å². The van der Waals surface area contributed by atoms with Crippen LogP contribution < -0.4 is 0 Å². The van der Waals surface area contributed by atoms with Crippen LogP contribution in [0.4, 0.5) is 0 Å². The predicted octanol–water partition coefficient (Wildman–Crippen LogP) is 1.87. The van der Waals surface area contributed by atoms with Gasteiger partial charge < -0.3 is 5.11 Å². The Balaban J connectivity index is 1.81. The number of aryl methyl sites for hydroxylation is 2. The maximum Gasteiger partial charge on any atom is 0.139 e. The first kappa shape index (κ1) is 16.0. The Morgan fingerprint density at radius 3 is 2.96 bits per heavy atom. The molecule has 0 aliphatic carbocycles. The van der Waals surface area contributed by atoms with Crippen molar-refractivity contribution in [3.05, 3.63) is 47.1 Å². The highest BCUT2D eigenvalue weighted by Gasteiger charge is 2.22. The van der Waals surface area contributed by atoms with Crippen LogP contribution in [0.15, 0.2) is 30.0 Å². The summed E-state index contributed by atoms with van der Waals surface area (Å²) in [4.78, 5) is 2.44. The molecule has 0 saturated heterocycles. The molecule has 3 rings (SSSR count). The van der Waals surface area contributed by atoms with Gasteiger partial charge in [0.05, 0.1) is 17.1 Å². The van der Waals surface area contributed by atoms with Crippen molar-refractivity contribution in [2.24, 2.45) is 7.05 Å². The Kier molecular flexibility index (Phi) is 4.63. The van der Waals surface area contributed by atoms with Crippen molar-refractivity contribution < 1.29 is 5.11 Å². The molecule has 124 valence electrons. The summed E-state index contributed by atoms with van der Waals surface area (Å²) in [6, 6.07) is 3.86. The second-order valence-electron chi connectivity index (χ2n) is 6.27. The summed E-state index contributed by atoms with van der Waals surface area (Å²) in [5, 5.41) is 19.3. The standard InChI is InChI=1S/C17H25N5O/c1-4-13(2)11-21-8-5-9-22-14(12-21)10-15(19-22)17(23)16-6-7-18-20(16)3/h4,6-7,10,17,23H,5,8-9,11-12H2,1-3H3. The van der Waals surface area contributed by atoms with E-state index in [1.54, 1.807) is 10.9 Å². The molecule has 23 heavy (non-hydrogen) atoms. The number of hydrogen-bond acceptors (Lipinski definition) is 4. The van der Waals surface area contributed by atoms with Crippen molar-refractivity contribution in [2.75, 3.05) is 13.1 Å². The van der Waals surface area contributed by atoms with Crippen LogP contribution in [0, 0.1) is 0 Å². The highest BCUT2D eigenvalue weighted by molar-refractivity contribution is 5.22. The molecular weight excluding hydrogens is 290 g/mol. The molecule has 1 N–H and O–H groups in total. The van der Waals surface area contributed by atoms with E-state index >= 15 is 0 Å². The summed E-state index contributed by atoms with van der Waals surface area (Å²) in [6.07, 6.45) is 4.21. The Labute approximate surface area is 137 Å². The molecule has 0 fully saturated rings. The Bertz CT molecular complexity index is 700. The number of hydrogen-bond donors (Lipinski definition) is 1. The van der Waals surface area contributed by atoms with E-state index in [1.165, 1.54) is 11.3 Å². The lowest BCUT2D eigenvalue weighted by Crippen LogP contribution is -2.25. The van der Waals surface area contributed by atoms with Gasteiger partial charge in [0.25, 0.3) is 0 Å². The van der Waals surface area contributed by atoms with E-state index < -0.39 is 6.10 Å². The van der Waals surface area contributed by atoms with Crippen molar-refractivity contribution in [3.8, 4) is 0 Å². The summed E-state index contributed by atoms with van der Waals surface area (Å²) in [7, 11) is 1.83. The number of rotatable bonds is 4. The summed E-state index contributed by atoms with van der Waals surface area (Å²) in [6.45, 7) is 8.09. The van der Waals surface area contributed by atoms with Gasteiger partial charge >= 0.3 is 0 Å². The van der Waals surface area contributed by atoms with E-state index in [2.05, 4.69) is 35.0 Å². The molecule has 0 amide bonds. The van der Waals surface area contributed by atoms with E-state index in [1.807, 2.05) is 23.9 Å². The lowest BCUT2D eigenvalue weighted by Gasteiger charge is -2.19. The Morgan fingerprint density at radius 1 is 1.43 bits per heavy atom. The molecule has 1 aliphatic rings. The molecular formula is C17H25N5O. The largest absolute Gasteiger partial charge is 0.380 e. The smallest absolute Gasteiger partial charge is 0.139 e. The fourth-order valence-corrected chi connectivity index (χ4v) is 3.07. The summed E-state index contributed by atoms with van der Waals surface area (Å²) in [5.74, 6) is 0. The zero-order chi connectivity index (χ0) is 16.4. The van der Waals surface area contributed by atoms with Gasteiger partial charge in [0, 0.05) is 39.4 Å². The summed E-state index contributed by atoms with van der Waals surface area (Å²) in [5.41, 5.74) is 4.02. The number of nitrogens with zero attached hydrogens (tertiary/aromatic N) is 5. The third kappa shape index (κ3) is 3.38. The number of allylic oxidation sites excluding steroid dienone is 1. The summed E-state index contributed by atoms with van der Waals surface area (Å²) < 4.78 is 3.73. The fraction of sp³-hybridized carbons (Fsp3) is 0.529. The van der Waals surface area contributed by atoms with Gasteiger partial charge in [-0.1, -0.05) is 11.6 Å². The first-order chi connectivity index (χ1) is 11.1.